The molecule has 1 heterocycles. The van der Waals surface area contributed by atoms with Gasteiger partial charge in [0.15, 0.2) is 0 Å². The maximum atomic E-state index is 12.0. The Kier molecular flexibility index (Phi) is 6.59. The summed E-state index contributed by atoms with van der Waals surface area (Å²) >= 11 is 0. The van der Waals surface area contributed by atoms with Gasteiger partial charge in [0.25, 0.3) is 5.91 Å². The van der Waals surface area contributed by atoms with E-state index in [1.165, 1.54) is 0 Å². The number of amidine groups is 1. The number of carbonyl (C=O) groups excluding carboxylic acids is 1. The Labute approximate surface area is 125 Å². The molecule has 0 saturated carbocycles. The molecule has 0 saturated heterocycles. The number of benzene rings is 1. The highest BCUT2D eigenvalue weighted by atomic mass is 35.5. The molecule has 5 nitrogen and oxygen atoms in total. The van der Waals surface area contributed by atoms with Gasteiger partial charge in [-0.05, 0) is 12.1 Å². The van der Waals surface area contributed by atoms with Crippen LogP contribution < -0.4 is 16.0 Å². The Morgan fingerprint density at radius 3 is 2.95 bits per heavy atom. The Balaban J connectivity index is 0.00000200. The van der Waals surface area contributed by atoms with Gasteiger partial charge < -0.3 is 16.0 Å². The summed E-state index contributed by atoms with van der Waals surface area (Å²) < 4.78 is 0. The molecule has 0 unspecified atom stereocenters. The molecule has 1 amide bonds. The molecule has 0 fully saturated rings. The first-order chi connectivity index (χ1) is 9.31. The number of halogens is 1. The fourth-order valence-corrected chi connectivity index (χ4v) is 1.84. The number of para-hydroxylation sites is 1. The number of carbonyl (C=O) groups is 1. The third-order valence-corrected chi connectivity index (χ3v) is 2.77. The summed E-state index contributed by atoms with van der Waals surface area (Å²) in [5.41, 5.74) is 1.43. The summed E-state index contributed by atoms with van der Waals surface area (Å²) in [7, 11) is 0. The maximum Gasteiger partial charge on any atom is 0.253 e. The smallest absolute Gasteiger partial charge is 0.253 e. The summed E-state index contributed by atoms with van der Waals surface area (Å²) in [5, 5.41) is 9.19. The van der Waals surface area contributed by atoms with Crippen LogP contribution in [0.5, 0.6) is 0 Å². The van der Waals surface area contributed by atoms with Crippen LogP contribution in [0.4, 0.5) is 5.69 Å². The highest BCUT2D eigenvalue weighted by Gasteiger charge is 2.11. The number of amides is 1. The predicted molar refractivity (Wildman–Crippen MR) is 85.0 cm³/mol. The van der Waals surface area contributed by atoms with E-state index >= 15 is 0 Å². The van der Waals surface area contributed by atoms with Crippen molar-refractivity contribution < 1.29 is 4.79 Å². The largest absolute Gasteiger partial charge is 0.377 e. The van der Waals surface area contributed by atoms with Crippen molar-refractivity contribution in [3.8, 4) is 0 Å². The van der Waals surface area contributed by atoms with Crippen LogP contribution >= 0.6 is 12.4 Å². The molecule has 0 aromatic heterocycles. The molecule has 1 aliphatic rings. The minimum absolute atomic E-state index is 0. The number of hydrogen-bond donors (Lipinski definition) is 3. The number of nitrogens with one attached hydrogen (secondary N) is 3. The highest BCUT2D eigenvalue weighted by molar-refractivity contribution is 6.00. The van der Waals surface area contributed by atoms with Gasteiger partial charge in [-0.1, -0.05) is 18.2 Å². The molecule has 0 radical (unpaired) electrons. The lowest BCUT2D eigenvalue weighted by Gasteiger charge is -2.11. The minimum atomic E-state index is -0.107. The zero-order valence-corrected chi connectivity index (χ0v) is 12.0. The Morgan fingerprint density at radius 1 is 1.45 bits per heavy atom. The zero-order valence-electron chi connectivity index (χ0n) is 11.2. The number of hydrogen-bond acceptors (Lipinski definition) is 4. The minimum Gasteiger partial charge on any atom is -0.377 e. The second-order valence-electron chi connectivity index (χ2n) is 4.15. The van der Waals surface area contributed by atoms with Crippen molar-refractivity contribution in [2.45, 2.75) is 0 Å². The molecule has 6 heteroatoms. The molecular weight excluding hydrogens is 276 g/mol. The fourth-order valence-electron chi connectivity index (χ4n) is 1.84. The zero-order chi connectivity index (χ0) is 13.5. The topological polar surface area (TPSA) is 65.5 Å². The molecule has 0 spiro atoms. The Hall–Kier alpha value is -2.01. The first kappa shape index (κ1) is 16.0. The van der Waals surface area contributed by atoms with Gasteiger partial charge in [-0.25, -0.2) is 0 Å². The van der Waals surface area contributed by atoms with E-state index in [2.05, 4.69) is 27.5 Å². The standard InChI is InChI=1S/C14H18N4O.ClH/c1-2-7-17-14(19)11-5-3-4-6-12(11)18-10-13-15-8-9-16-13;/h2-6,18H,1,7-10H2,(H,15,16)(H,17,19);1H. The molecule has 2 rings (SSSR count). The first-order valence-corrected chi connectivity index (χ1v) is 6.30. The third kappa shape index (κ3) is 4.28. The van der Waals surface area contributed by atoms with Gasteiger partial charge in [-0.3, -0.25) is 9.79 Å². The van der Waals surface area contributed by atoms with Crippen LogP contribution in [0.25, 0.3) is 0 Å². The van der Waals surface area contributed by atoms with Crippen molar-refractivity contribution in [3.05, 3.63) is 42.5 Å². The van der Waals surface area contributed by atoms with Crippen molar-refractivity contribution in [2.75, 3.05) is 31.5 Å². The molecule has 1 aromatic rings. The molecule has 0 bridgehead atoms. The van der Waals surface area contributed by atoms with E-state index < -0.39 is 0 Å². The second-order valence-corrected chi connectivity index (χ2v) is 4.15. The first-order valence-electron chi connectivity index (χ1n) is 6.30. The lowest BCUT2D eigenvalue weighted by atomic mass is 10.1. The van der Waals surface area contributed by atoms with E-state index in [1.54, 1.807) is 12.1 Å². The van der Waals surface area contributed by atoms with E-state index in [-0.39, 0.29) is 18.3 Å². The molecule has 0 aliphatic carbocycles. The van der Waals surface area contributed by atoms with Gasteiger partial charge >= 0.3 is 0 Å². The van der Waals surface area contributed by atoms with E-state index in [0.29, 0.717) is 18.7 Å². The molecule has 1 aromatic carbocycles. The molecule has 0 atom stereocenters. The van der Waals surface area contributed by atoms with Gasteiger partial charge in [-0.15, -0.1) is 19.0 Å². The average molecular weight is 295 g/mol. The van der Waals surface area contributed by atoms with Gasteiger partial charge in [0.2, 0.25) is 0 Å². The van der Waals surface area contributed by atoms with Crippen LogP contribution in [0.1, 0.15) is 10.4 Å². The van der Waals surface area contributed by atoms with Gasteiger partial charge in [0.05, 0.1) is 18.7 Å². The lowest BCUT2D eigenvalue weighted by Crippen LogP contribution is -2.28. The SMILES string of the molecule is C=CCNC(=O)c1ccccc1NCC1=NCCN1.Cl. The summed E-state index contributed by atoms with van der Waals surface area (Å²) in [6, 6.07) is 7.43. The van der Waals surface area contributed by atoms with E-state index in [0.717, 1.165) is 24.6 Å². The van der Waals surface area contributed by atoms with Crippen molar-refractivity contribution in [1.29, 1.82) is 0 Å². The predicted octanol–water partition coefficient (Wildman–Crippen LogP) is 1.44. The van der Waals surface area contributed by atoms with Crippen LogP contribution in [-0.4, -0.2) is 37.9 Å². The van der Waals surface area contributed by atoms with Gasteiger partial charge in [-0.2, -0.15) is 0 Å². The maximum absolute atomic E-state index is 12.0. The van der Waals surface area contributed by atoms with Crippen LogP contribution in [-0.2, 0) is 0 Å². The summed E-state index contributed by atoms with van der Waals surface area (Å²) in [5.74, 6) is 0.825. The van der Waals surface area contributed by atoms with Crippen molar-refractivity contribution in [3.63, 3.8) is 0 Å². The van der Waals surface area contributed by atoms with Crippen LogP contribution in [0.15, 0.2) is 41.9 Å². The average Bonchev–Trinajstić information content (AvgIpc) is 2.96. The van der Waals surface area contributed by atoms with E-state index in [4.69, 9.17) is 0 Å². The van der Waals surface area contributed by atoms with Crippen LogP contribution in [0.3, 0.4) is 0 Å². The highest BCUT2D eigenvalue weighted by Crippen LogP contribution is 2.14. The number of nitrogens with zero attached hydrogens (tertiary/aromatic N) is 1. The molecule has 20 heavy (non-hydrogen) atoms. The Bertz CT molecular complexity index is 502. The van der Waals surface area contributed by atoms with Gasteiger partial charge in [0.1, 0.15) is 5.84 Å². The van der Waals surface area contributed by atoms with Crippen LogP contribution in [0, 0.1) is 0 Å². The summed E-state index contributed by atoms with van der Waals surface area (Å²) in [6.07, 6.45) is 1.66. The third-order valence-electron chi connectivity index (χ3n) is 2.77. The van der Waals surface area contributed by atoms with Crippen LogP contribution in [0.2, 0.25) is 0 Å². The monoisotopic (exact) mass is 294 g/mol. The normalized spacial score (nSPS) is 12.7. The number of anilines is 1. The summed E-state index contributed by atoms with van der Waals surface area (Å²) in [6.45, 7) is 6.35. The second kappa shape index (κ2) is 8.22. The molecule has 108 valence electrons. The van der Waals surface area contributed by atoms with Crippen molar-refractivity contribution in [2.24, 2.45) is 4.99 Å². The quantitative estimate of drug-likeness (QED) is 0.696. The van der Waals surface area contributed by atoms with E-state index in [9.17, 15) is 4.79 Å². The number of aliphatic imine (C=N–C) groups is 1. The molecular formula is C14H19ClN4O. The van der Waals surface area contributed by atoms with E-state index in [1.807, 2.05) is 18.2 Å². The number of rotatable bonds is 6. The summed E-state index contributed by atoms with van der Waals surface area (Å²) in [4.78, 5) is 16.3. The Morgan fingerprint density at radius 2 is 2.25 bits per heavy atom. The lowest BCUT2D eigenvalue weighted by molar-refractivity contribution is 0.0959. The van der Waals surface area contributed by atoms with Crippen molar-refractivity contribution >= 4 is 29.8 Å². The molecule has 3 N–H and O–H groups in total. The fraction of sp³-hybridized carbons (Fsp3) is 0.286. The van der Waals surface area contributed by atoms with Crippen molar-refractivity contribution in [1.82, 2.24) is 10.6 Å². The molecule has 1 aliphatic heterocycles. The van der Waals surface area contributed by atoms with Gasteiger partial charge in [0, 0.05) is 18.8 Å².